The Hall–Kier alpha value is -2.67. The van der Waals surface area contributed by atoms with Gasteiger partial charge in [0.05, 0.1) is 13.2 Å². The van der Waals surface area contributed by atoms with Gasteiger partial charge in [-0.3, -0.25) is 9.69 Å². The van der Waals surface area contributed by atoms with Crippen molar-refractivity contribution in [1.82, 2.24) is 9.80 Å². The molecule has 0 unspecified atom stereocenters. The van der Waals surface area contributed by atoms with Crippen LogP contribution in [0.3, 0.4) is 0 Å². The number of hydrogen-bond donors (Lipinski definition) is 0. The Morgan fingerprint density at radius 2 is 1.66 bits per heavy atom. The molecule has 1 aliphatic heterocycles. The van der Waals surface area contributed by atoms with E-state index in [0.717, 1.165) is 6.07 Å². The van der Waals surface area contributed by atoms with Crippen molar-refractivity contribution in [3.05, 3.63) is 59.2 Å². The number of amides is 1. The highest BCUT2D eigenvalue weighted by atomic mass is 19.2. The lowest BCUT2D eigenvalue weighted by molar-refractivity contribution is 0.0626. The average Bonchev–Trinajstić information content (AvgIpc) is 2.73. The molecule has 1 heterocycles. The molecule has 1 aliphatic rings. The Bertz CT molecular complexity index is 852. The summed E-state index contributed by atoms with van der Waals surface area (Å²) in [5.41, 5.74) is 0.874. The highest BCUT2D eigenvalue weighted by molar-refractivity contribution is 5.95. The molecule has 0 bridgehead atoms. The van der Waals surface area contributed by atoms with Crippen molar-refractivity contribution >= 4 is 5.91 Å². The Kier molecular flexibility index (Phi) is 7.04. The van der Waals surface area contributed by atoms with Crippen LogP contribution in [0, 0.1) is 11.6 Å². The van der Waals surface area contributed by atoms with Gasteiger partial charge in [0, 0.05) is 43.9 Å². The highest BCUT2D eigenvalue weighted by Crippen LogP contribution is 2.29. The molecule has 7 heteroatoms. The van der Waals surface area contributed by atoms with Crippen molar-refractivity contribution in [2.75, 3.05) is 39.4 Å². The molecule has 29 heavy (non-hydrogen) atoms. The van der Waals surface area contributed by atoms with E-state index >= 15 is 0 Å². The van der Waals surface area contributed by atoms with Crippen molar-refractivity contribution < 1.29 is 23.0 Å². The van der Waals surface area contributed by atoms with E-state index < -0.39 is 11.6 Å². The maximum atomic E-state index is 13.9. The standard InChI is InChI=1S/C22H26F2N2O3/c1-3-28-19-9-8-16(14-20(19)29-4-2)22(27)26-12-10-25(11-13-26)15-17-6-5-7-18(23)21(17)24/h5-9,14H,3-4,10-13,15H2,1-2H3. The topological polar surface area (TPSA) is 42.0 Å². The predicted molar refractivity (Wildman–Crippen MR) is 106 cm³/mol. The van der Waals surface area contributed by atoms with Crippen molar-refractivity contribution in [3.8, 4) is 11.5 Å². The van der Waals surface area contributed by atoms with Gasteiger partial charge >= 0.3 is 0 Å². The van der Waals surface area contributed by atoms with Crippen LogP contribution in [0.15, 0.2) is 36.4 Å². The molecule has 1 amide bonds. The van der Waals surface area contributed by atoms with Gasteiger partial charge in [0.25, 0.3) is 5.91 Å². The first-order chi connectivity index (χ1) is 14.0. The number of carbonyl (C=O) groups excluding carboxylic acids is 1. The van der Waals surface area contributed by atoms with Gasteiger partial charge in [-0.2, -0.15) is 0 Å². The molecule has 1 fully saturated rings. The number of halogens is 2. The molecule has 156 valence electrons. The summed E-state index contributed by atoms with van der Waals surface area (Å²) >= 11 is 0. The molecule has 2 aromatic carbocycles. The monoisotopic (exact) mass is 404 g/mol. The second-order valence-electron chi connectivity index (χ2n) is 6.81. The Labute approximate surface area is 169 Å². The molecule has 0 saturated carbocycles. The summed E-state index contributed by atoms with van der Waals surface area (Å²) in [6.45, 7) is 7.32. The van der Waals surface area contributed by atoms with Crippen LogP contribution in [-0.4, -0.2) is 55.1 Å². The predicted octanol–water partition coefficient (Wildman–Crippen LogP) is 3.72. The second kappa shape index (κ2) is 9.69. The lowest BCUT2D eigenvalue weighted by Gasteiger charge is -2.35. The minimum atomic E-state index is -0.836. The van der Waals surface area contributed by atoms with Gasteiger partial charge in [0.15, 0.2) is 23.1 Å². The number of benzene rings is 2. The smallest absolute Gasteiger partial charge is 0.254 e. The summed E-state index contributed by atoms with van der Waals surface area (Å²) in [5, 5.41) is 0. The van der Waals surface area contributed by atoms with Crippen molar-refractivity contribution in [3.63, 3.8) is 0 Å². The van der Waals surface area contributed by atoms with E-state index in [1.165, 1.54) is 6.07 Å². The van der Waals surface area contributed by atoms with Gasteiger partial charge in [-0.15, -0.1) is 0 Å². The van der Waals surface area contributed by atoms with E-state index in [2.05, 4.69) is 0 Å². The van der Waals surface area contributed by atoms with Crippen LogP contribution in [0.1, 0.15) is 29.8 Å². The van der Waals surface area contributed by atoms with Gasteiger partial charge in [0.1, 0.15) is 0 Å². The summed E-state index contributed by atoms with van der Waals surface area (Å²) in [6.07, 6.45) is 0. The van der Waals surface area contributed by atoms with Gasteiger partial charge in [-0.05, 0) is 38.1 Å². The third-order valence-corrected chi connectivity index (χ3v) is 4.88. The van der Waals surface area contributed by atoms with Crippen molar-refractivity contribution in [2.45, 2.75) is 20.4 Å². The first kappa shape index (κ1) is 21.0. The molecular formula is C22H26F2N2O3. The van der Waals surface area contributed by atoms with Gasteiger partial charge in [0.2, 0.25) is 0 Å². The van der Waals surface area contributed by atoms with E-state index in [1.807, 2.05) is 18.7 Å². The van der Waals surface area contributed by atoms with Crippen LogP contribution < -0.4 is 9.47 Å². The molecule has 2 aromatic rings. The number of rotatable bonds is 7. The highest BCUT2D eigenvalue weighted by Gasteiger charge is 2.24. The fourth-order valence-electron chi connectivity index (χ4n) is 3.39. The van der Waals surface area contributed by atoms with E-state index in [0.29, 0.717) is 68.6 Å². The number of carbonyl (C=O) groups is 1. The van der Waals surface area contributed by atoms with Gasteiger partial charge < -0.3 is 14.4 Å². The molecule has 0 atom stereocenters. The van der Waals surface area contributed by atoms with E-state index in [9.17, 15) is 13.6 Å². The summed E-state index contributed by atoms with van der Waals surface area (Å²) in [6, 6.07) is 9.42. The Morgan fingerprint density at radius 3 is 2.34 bits per heavy atom. The molecule has 0 radical (unpaired) electrons. The van der Waals surface area contributed by atoms with Crippen molar-refractivity contribution in [2.24, 2.45) is 0 Å². The van der Waals surface area contributed by atoms with E-state index in [-0.39, 0.29) is 5.91 Å². The quantitative estimate of drug-likeness (QED) is 0.705. The third kappa shape index (κ3) is 5.03. The SMILES string of the molecule is CCOc1ccc(C(=O)N2CCN(Cc3cccc(F)c3F)CC2)cc1OCC. The van der Waals surface area contributed by atoms with Gasteiger partial charge in [-0.1, -0.05) is 12.1 Å². The van der Waals surface area contributed by atoms with Crippen LogP contribution in [0.5, 0.6) is 11.5 Å². The largest absolute Gasteiger partial charge is 0.490 e. The molecule has 0 spiro atoms. The lowest BCUT2D eigenvalue weighted by Crippen LogP contribution is -2.48. The van der Waals surface area contributed by atoms with Gasteiger partial charge in [-0.25, -0.2) is 8.78 Å². The molecule has 0 aliphatic carbocycles. The van der Waals surface area contributed by atoms with Crippen molar-refractivity contribution in [1.29, 1.82) is 0 Å². The van der Waals surface area contributed by atoms with Crippen LogP contribution >= 0.6 is 0 Å². The summed E-state index contributed by atoms with van der Waals surface area (Å²) < 4.78 is 38.4. The zero-order valence-corrected chi connectivity index (χ0v) is 16.8. The maximum Gasteiger partial charge on any atom is 0.254 e. The number of nitrogens with zero attached hydrogens (tertiary/aromatic N) is 2. The third-order valence-electron chi connectivity index (χ3n) is 4.88. The number of ether oxygens (including phenoxy) is 2. The number of piperazine rings is 1. The normalized spacial score (nSPS) is 14.7. The average molecular weight is 404 g/mol. The summed E-state index contributed by atoms with van der Waals surface area (Å²) in [4.78, 5) is 16.7. The van der Waals surface area contributed by atoms with Crippen LogP contribution in [0.25, 0.3) is 0 Å². The van der Waals surface area contributed by atoms with E-state index in [1.54, 1.807) is 29.2 Å². The molecule has 0 N–H and O–H groups in total. The minimum Gasteiger partial charge on any atom is -0.490 e. The Balaban J connectivity index is 1.62. The molecule has 3 rings (SSSR count). The first-order valence-electron chi connectivity index (χ1n) is 9.87. The summed E-state index contributed by atoms with van der Waals surface area (Å²) in [5.74, 6) is -0.542. The zero-order chi connectivity index (χ0) is 20.8. The molecule has 0 aromatic heterocycles. The second-order valence-corrected chi connectivity index (χ2v) is 6.81. The molecule has 1 saturated heterocycles. The zero-order valence-electron chi connectivity index (χ0n) is 16.8. The molecular weight excluding hydrogens is 378 g/mol. The molecule has 5 nitrogen and oxygen atoms in total. The van der Waals surface area contributed by atoms with Crippen LogP contribution in [0.2, 0.25) is 0 Å². The fraction of sp³-hybridized carbons (Fsp3) is 0.409. The maximum absolute atomic E-state index is 13.9. The lowest BCUT2D eigenvalue weighted by atomic mass is 10.1. The first-order valence-corrected chi connectivity index (χ1v) is 9.87. The Morgan fingerprint density at radius 1 is 0.966 bits per heavy atom. The van der Waals surface area contributed by atoms with Crippen LogP contribution in [0.4, 0.5) is 8.78 Å². The van der Waals surface area contributed by atoms with E-state index in [4.69, 9.17) is 9.47 Å². The minimum absolute atomic E-state index is 0.0782. The van der Waals surface area contributed by atoms with Crippen LogP contribution in [-0.2, 0) is 6.54 Å². The summed E-state index contributed by atoms with van der Waals surface area (Å²) in [7, 11) is 0. The number of hydrogen-bond acceptors (Lipinski definition) is 4. The fourth-order valence-corrected chi connectivity index (χ4v) is 3.39.